The predicted octanol–water partition coefficient (Wildman–Crippen LogP) is 6.43. The van der Waals surface area contributed by atoms with E-state index in [2.05, 4.69) is 74.9 Å². The van der Waals surface area contributed by atoms with E-state index < -0.39 is 0 Å². The molecule has 2 aliphatic rings. The monoisotopic (exact) mass is 368 g/mol. The molecule has 0 amide bonds. The van der Waals surface area contributed by atoms with Gasteiger partial charge < -0.3 is 5.32 Å². The minimum atomic E-state index is -0.0995. The molecule has 5 rings (SSSR count). The van der Waals surface area contributed by atoms with E-state index in [0.29, 0.717) is 0 Å². The second-order valence-electron chi connectivity index (χ2n) is 9.39. The third-order valence-corrected chi connectivity index (χ3v) is 6.96. The molecule has 0 saturated carbocycles. The second kappa shape index (κ2) is 5.70. The summed E-state index contributed by atoms with van der Waals surface area (Å²) >= 11 is 0. The zero-order valence-corrected chi connectivity index (χ0v) is 17.3. The number of hydrogen-bond acceptors (Lipinski definition) is 2. The fourth-order valence-electron chi connectivity index (χ4n) is 5.33. The van der Waals surface area contributed by atoms with Crippen LogP contribution in [0.25, 0.3) is 22.0 Å². The molecule has 0 radical (unpaired) electrons. The number of benzene rings is 2. The van der Waals surface area contributed by atoms with Gasteiger partial charge in [-0.3, -0.25) is 4.98 Å². The average molecular weight is 369 g/mol. The first-order valence-electron chi connectivity index (χ1n) is 10.3. The molecular formula is C26H28N2. The molecule has 0 bridgehead atoms. The van der Waals surface area contributed by atoms with E-state index in [9.17, 15) is 0 Å². The van der Waals surface area contributed by atoms with Crippen molar-refractivity contribution in [3.8, 4) is 11.1 Å². The molecule has 0 spiro atoms. The lowest BCUT2D eigenvalue weighted by Crippen LogP contribution is -2.46. The zero-order valence-electron chi connectivity index (χ0n) is 17.3. The number of rotatable bonds is 1. The highest BCUT2D eigenvalue weighted by molar-refractivity contribution is 5.96. The highest BCUT2D eigenvalue weighted by Crippen LogP contribution is 2.51. The number of pyridine rings is 1. The minimum absolute atomic E-state index is 0.0702. The van der Waals surface area contributed by atoms with E-state index in [1.165, 1.54) is 50.9 Å². The van der Waals surface area contributed by atoms with Gasteiger partial charge in [0.1, 0.15) is 0 Å². The van der Waals surface area contributed by atoms with Gasteiger partial charge in [0.2, 0.25) is 0 Å². The van der Waals surface area contributed by atoms with Crippen LogP contribution in [0.3, 0.4) is 0 Å². The number of aromatic nitrogens is 1. The Morgan fingerprint density at radius 3 is 2.57 bits per heavy atom. The standard InChI is InChI=1S/C26H28N2/c1-16-25(2,3)22-15-21(17-10-7-13-23-19(17)12-8-14-27-23)18-9-6-11-20(18)24(22)28-26(16,4)5/h7-8,10,12-15,28H,1,6,9,11H2,2-5H3. The van der Waals surface area contributed by atoms with Crippen LogP contribution in [0.1, 0.15) is 50.8 Å². The van der Waals surface area contributed by atoms with Crippen LogP contribution in [-0.4, -0.2) is 10.5 Å². The number of anilines is 1. The molecule has 0 unspecified atom stereocenters. The SMILES string of the molecule is C=C1C(C)(C)Nc2c(cc(-c3cccc4ncccc34)c3c2CCC3)C1(C)C. The van der Waals surface area contributed by atoms with Crippen molar-refractivity contribution in [3.63, 3.8) is 0 Å². The second-order valence-corrected chi connectivity index (χ2v) is 9.39. The fourth-order valence-corrected chi connectivity index (χ4v) is 5.33. The summed E-state index contributed by atoms with van der Waals surface area (Å²) in [4.78, 5) is 4.58. The van der Waals surface area contributed by atoms with E-state index in [1.807, 2.05) is 12.3 Å². The predicted molar refractivity (Wildman–Crippen MR) is 119 cm³/mol. The highest BCUT2D eigenvalue weighted by Gasteiger charge is 2.43. The van der Waals surface area contributed by atoms with E-state index >= 15 is 0 Å². The van der Waals surface area contributed by atoms with Crippen molar-refractivity contribution < 1.29 is 0 Å². The zero-order chi connectivity index (χ0) is 19.7. The molecule has 2 heterocycles. The van der Waals surface area contributed by atoms with Gasteiger partial charge in [-0.1, -0.05) is 38.6 Å². The minimum Gasteiger partial charge on any atom is -0.376 e. The molecule has 0 atom stereocenters. The van der Waals surface area contributed by atoms with Gasteiger partial charge in [0.05, 0.1) is 11.1 Å². The van der Waals surface area contributed by atoms with Gasteiger partial charge in [0.25, 0.3) is 0 Å². The van der Waals surface area contributed by atoms with Crippen molar-refractivity contribution in [2.75, 3.05) is 5.32 Å². The van der Waals surface area contributed by atoms with Gasteiger partial charge >= 0.3 is 0 Å². The largest absolute Gasteiger partial charge is 0.376 e. The Kier molecular flexibility index (Phi) is 3.56. The Hall–Kier alpha value is -2.61. The first-order valence-corrected chi connectivity index (χ1v) is 10.3. The quantitative estimate of drug-likeness (QED) is 0.501. The van der Waals surface area contributed by atoms with Gasteiger partial charge in [0.15, 0.2) is 0 Å². The normalized spacial score (nSPS) is 19.2. The Bertz CT molecular complexity index is 1130. The molecule has 2 aromatic carbocycles. The molecule has 0 fully saturated rings. The number of hydrogen-bond donors (Lipinski definition) is 1. The molecule has 1 aromatic heterocycles. The molecule has 1 aliphatic carbocycles. The summed E-state index contributed by atoms with van der Waals surface area (Å²) < 4.78 is 0. The summed E-state index contributed by atoms with van der Waals surface area (Å²) in [7, 11) is 0. The number of nitrogens with one attached hydrogen (secondary N) is 1. The van der Waals surface area contributed by atoms with Crippen LogP contribution >= 0.6 is 0 Å². The maximum Gasteiger partial charge on any atom is 0.0708 e. The van der Waals surface area contributed by atoms with Crippen LogP contribution < -0.4 is 5.32 Å². The van der Waals surface area contributed by atoms with E-state index in [0.717, 1.165) is 18.4 Å². The smallest absolute Gasteiger partial charge is 0.0708 e. The maximum absolute atomic E-state index is 4.58. The van der Waals surface area contributed by atoms with Crippen LogP contribution in [-0.2, 0) is 18.3 Å². The fraction of sp³-hybridized carbons (Fsp3) is 0.346. The Morgan fingerprint density at radius 2 is 1.75 bits per heavy atom. The third-order valence-electron chi connectivity index (χ3n) is 6.96. The maximum atomic E-state index is 4.58. The summed E-state index contributed by atoms with van der Waals surface area (Å²) in [5.74, 6) is 0. The third kappa shape index (κ3) is 2.30. The number of nitrogens with zero attached hydrogens (tertiary/aromatic N) is 1. The Balaban J connectivity index is 1.84. The van der Waals surface area contributed by atoms with Gasteiger partial charge in [-0.15, -0.1) is 0 Å². The number of fused-ring (bicyclic) bond motifs is 4. The van der Waals surface area contributed by atoms with Crippen LogP contribution in [0.4, 0.5) is 5.69 Å². The molecular weight excluding hydrogens is 340 g/mol. The first kappa shape index (κ1) is 17.5. The Labute approximate surface area is 167 Å². The molecule has 1 N–H and O–H groups in total. The van der Waals surface area contributed by atoms with Crippen molar-refractivity contribution in [1.82, 2.24) is 4.98 Å². The molecule has 1 aliphatic heterocycles. The van der Waals surface area contributed by atoms with Crippen LogP contribution in [0.5, 0.6) is 0 Å². The first-order chi connectivity index (χ1) is 13.3. The van der Waals surface area contributed by atoms with E-state index in [4.69, 9.17) is 0 Å². The summed E-state index contributed by atoms with van der Waals surface area (Å²) in [5.41, 5.74) is 10.6. The van der Waals surface area contributed by atoms with Crippen molar-refractivity contribution in [1.29, 1.82) is 0 Å². The van der Waals surface area contributed by atoms with Crippen LogP contribution in [0, 0.1) is 0 Å². The van der Waals surface area contributed by atoms with Crippen molar-refractivity contribution in [3.05, 3.63) is 71.4 Å². The molecule has 3 aromatic rings. The van der Waals surface area contributed by atoms with Crippen molar-refractivity contribution in [2.24, 2.45) is 0 Å². The van der Waals surface area contributed by atoms with E-state index in [1.54, 1.807) is 0 Å². The van der Waals surface area contributed by atoms with Crippen LogP contribution in [0.2, 0.25) is 0 Å². The highest BCUT2D eigenvalue weighted by atomic mass is 15.0. The lowest BCUT2D eigenvalue weighted by Gasteiger charge is -2.47. The van der Waals surface area contributed by atoms with E-state index in [-0.39, 0.29) is 11.0 Å². The van der Waals surface area contributed by atoms with Crippen molar-refractivity contribution >= 4 is 16.6 Å². The summed E-state index contributed by atoms with van der Waals surface area (Å²) in [6.45, 7) is 13.7. The summed E-state index contributed by atoms with van der Waals surface area (Å²) in [5, 5.41) is 5.08. The van der Waals surface area contributed by atoms with Gasteiger partial charge in [-0.05, 0) is 84.7 Å². The summed E-state index contributed by atoms with van der Waals surface area (Å²) in [6.07, 6.45) is 5.41. The molecule has 142 valence electrons. The van der Waals surface area contributed by atoms with Gasteiger partial charge in [-0.2, -0.15) is 0 Å². The lowest BCUT2D eigenvalue weighted by molar-refractivity contribution is 0.489. The Morgan fingerprint density at radius 1 is 0.964 bits per heavy atom. The van der Waals surface area contributed by atoms with Gasteiger partial charge in [-0.25, -0.2) is 0 Å². The topological polar surface area (TPSA) is 24.9 Å². The van der Waals surface area contributed by atoms with Crippen LogP contribution in [0.15, 0.2) is 54.7 Å². The van der Waals surface area contributed by atoms with Gasteiger partial charge in [0, 0.05) is 22.7 Å². The van der Waals surface area contributed by atoms with Crippen molar-refractivity contribution in [2.45, 2.75) is 57.9 Å². The molecule has 2 heteroatoms. The lowest BCUT2D eigenvalue weighted by atomic mass is 9.66. The molecule has 0 saturated heterocycles. The molecule has 2 nitrogen and oxygen atoms in total. The molecule has 28 heavy (non-hydrogen) atoms. The summed E-state index contributed by atoms with van der Waals surface area (Å²) in [6, 6.07) is 13.2. The average Bonchev–Trinajstić information content (AvgIpc) is 3.16.